The number of nitrogens with zero attached hydrogens (tertiary/aromatic N) is 1. The second kappa shape index (κ2) is 7.45. The lowest BCUT2D eigenvalue weighted by Gasteiger charge is -2.14. The van der Waals surface area contributed by atoms with Gasteiger partial charge in [-0.2, -0.15) is 0 Å². The van der Waals surface area contributed by atoms with Crippen molar-refractivity contribution in [2.24, 2.45) is 0 Å². The van der Waals surface area contributed by atoms with Gasteiger partial charge in [-0.3, -0.25) is 9.69 Å². The molecule has 1 aliphatic heterocycles. The summed E-state index contributed by atoms with van der Waals surface area (Å²) in [5.41, 5.74) is 1.72. The first-order valence-corrected chi connectivity index (χ1v) is 8.22. The Morgan fingerprint density at radius 1 is 0.962 bits per heavy atom. The molecule has 0 atom stereocenters. The van der Waals surface area contributed by atoms with Crippen LogP contribution >= 0.6 is 12.2 Å². The minimum atomic E-state index is -0.238. The topological polar surface area (TPSA) is 60.0 Å². The number of rotatable bonds is 5. The van der Waals surface area contributed by atoms with Crippen LogP contribution in [-0.4, -0.2) is 32.3 Å². The molecule has 0 unspecified atom stereocenters. The van der Waals surface area contributed by atoms with E-state index < -0.39 is 0 Å². The van der Waals surface area contributed by atoms with Gasteiger partial charge in [0, 0.05) is 5.56 Å². The van der Waals surface area contributed by atoms with Crippen molar-refractivity contribution in [1.29, 1.82) is 0 Å². The third-order valence-corrected chi connectivity index (χ3v) is 4.21. The number of nitrogens with one attached hydrogen (secondary N) is 1. The number of anilines is 1. The highest BCUT2D eigenvalue weighted by atomic mass is 32.1. The van der Waals surface area contributed by atoms with Crippen molar-refractivity contribution >= 4 is 35.0 Å². The van der Waals surface area contributed by atoms with E-state index in [-0.39, 0.29) is 5.91 Å². The standard InChI is InChI=1S/C19H18N2O4S/c1-23-15-10-9-12(16(24-2)17(15)25-3)11-14-18(22)21(19(26)20-14)13-7-5-4-6-8-13/h4-11H,1-3H3,(H,20,26). The quantitative estimate of drug-likeness (QED) is 0.645. The lowest BCUT2D eigenvalue weighted by molar-refractivity contribution is -0.113. The Balaban J connectivity index is 2.01. The molecular weight excluding hydrogens is 352 g/mol. The van der Waals surface area contributed by atoms with Gasteiger partial charge in [0.2, 0.25) is 5.75 Å². The molecule has 1 fully saturated rings. The molecule has 0 aromatic heterocycles. The normalized spacial score (nSPS) is 15.2. The van der Waals surface area contributed by atoms with Gasteiger partial charge < -0.3 is 19.5 Å². The van der Waals surface area contributed by atoms with Gasteiger partial charge in [0.05, 0.1) is 27.0 Å². The molecule has 3 rings (SSSR count). The van der Waals surface area contributed by atoms with Crippen molar-refractivity contribution in [2.75, 3.05) is 26.2 Å². The first-order chi connectivity index (χ1) is 12.6. The zero-order chi connectivity index (χ0) is 18.7. The van der Waals surface area contributed by atoms with Crippen LogP contribution in [0.25, 0.3) is 6.08 Å². The Labute approximate surface area is 157 Å². The molecule has 1 heterocycles. The molecule has 0 aliphatic carbocycles. The summed E-state index contributed by atoms with van der Waals surface area (Å²) in [6.07, 6.45) is 1.68. The number of hydrogen-bond donors (Lipinski definition) is 1. The molecule has 0 bridgehead atoms. The number of benzene rings is 2. The van der Waals surface area contributed by atoms with Crippen LogP contribution in [0.15, 0.2) is 48.2 Å². The molecule has 1 amide bonds. The number of para-hydroxylation sites is 1. The lowest BCUT2D eigenvalue weighted by atomic mass is 10.1. The second-order valence-corrected chi connectivity index (χ2v) is 5.77. The molecule has 0 radical (unpaired) electrons. The Hall–Kier alpha value is -3.06. The zero-order valence-electron chi connectivity index (χ0n) is 14.6. The van der Waals surface area contributed by atoms with Gasteiger partial charge in [-0.15, -0.1) is 0 Å². The first kappa shape index (κ1) is 17.8. The van der Waals surface area contributed by atoms with E-state index in [2.05, 4.69) is 5.32 Å². The number of amides is 1. The van der Waals surface area contributed by atoms with Crippen LogP contribution in [0, 0.1) is 0 Å². The maximum atomic E-state index is 12.8. The van der Waals surface area contributed by atoms with E-state index in [1.165, 1.54) is 19.1 Å². The third kappa shape index (κ3) is 3.09. The average molecular weight is 370 g/mol. The molecule has 7 heteroatoms. The Kier molecular flexibility index (Phi) is 5.09. The van der Waals surface area contributed by atoms with Crippen molar-refractivity contribution in [2.45, 2.75) is 0 Å². The molecule has 1 N–H and O–H groups in total. The Morgan fingerprint density at radius 3 is 2.27 bits per heavy atom. The Bertz CT molecular complexity index is 881. The summed E-state index contributed by atoms with van der Waals surface area (Å²) in [5, 5.41) is 3.29. The molecule has 6 nitrogen and oxygen atoms in total. The summed E-state index contributed by atoms with van der Waals surface area (Å²) in [7, 11) is 4.61. The van der Waals surface area contributed by atoms with E-state index in [9.17, 15) is 4.79 Å². The van der Waals surface area contributed by atoms with Gasteiger partial charge in [-0.25, -0.2) is 0 Å². The van der Waals surface area contributed by atoms with Crippen LogP contribution in [0.2, 0.25) is 0 Å². The molecule has 0 saturated carbocycles. The molecule has 1 saturated heterocycles. The van der Waals surface area contributed by atoms with Crippen molar-refractivity contribution in [3.8, 4) is 17.2 Å². The number of ether oxygens (including phenoxy) is 3. The molecule has 0 spiro atoms. The Morgan fingerprint density at radius 2 is 1.65 bits per heavy atom. The van der Waals surface area contributed by atoms with E-state index in [0.29, 0.717) is 39.3 Å². The van der Waals surface area contributed by atoms with Gasteiger partial charge in [0.25, 0.3) is 5.91 Å². The van der Waals surface area contributed by atoms with Gasteiger partial charge in [-0.05, 0) is 42.6 Å². The van der Waals surface area contributed by atoms with Gasteiger partial charge in [-0.1, -0.05) is 18.2 Å². The maximum Gasteiger partial charge on any atom is 0.281 e. The van der Waals surface area contributed by atoms with Gasteiger partial charge in [0.1, 0.15) is 5.70 Å². The monoisotopic (exact) mass is 370 g/mol. The molecule has 2 aromatic rings. The number of carbonyl (C=O) groups excluding carboxylic acids is 1. The highest BCUT2D eigenvalue weighted by Gasteiger charge is 2.32. The fourth-order valence-electron chi connectivity index (χ4n) is 2.74. The fourth-order valence-corrected chi connectivity index (χ4v) is 3.04. The van der Waals surface area contributed by atoms with Gasteiger partial charge >= 0.3 is 0 Å². The zero-order valence-corrected chi connectivity index (χ0v) is 15.4. The van der Waals surface area contributed by atoms with Gasteiger partial charge in [0.15, 0.2) is 16.6 Å². The number of thiocarbonyl (C=S) groups is 1. The number of carbonyl (C=O) groups is 1. The molecule has 1 aliphatic rings. The fraction of sp³-hybridized carbons (Fsp3) is 0.158. The highest BCUT2D eigenvalue weighted by Crippen LogP contribution is 2.40. The predicted molar refractivity (Wildman–Crippen MR) is 104 cm³/mol. The van der Waals surface area contributed by atoms with Crippen molar-refractivity contribution in [3.63, 3.8) is 0 Å². The molecule has 2 aromatic carbocycles. The van der Waals surface area contributed by atoms with Crippen LogP contribution in [0.5, 0.6) is 17.2 Å². The third-order valence-electron chi connectivity index (χ3n) is 3.93. The van der Waals surface area contributed by atoms with E-state index in [0.717, 1.165) is 0 Å². The summed E-state index contributed by atoms with van der Waals surface area (Å²) in [5.74, 6) is 1.23. The van der Waals surface area contributed by atoms with E-state index >= 15 is 0 Å². The van der Waals surface area contributed by atoms with E-state index in [4.69, 9.17) is 26.4 Å². The average Bonchev–Trinajstić information content (AvgIpc) is 2.95. The van der Waals surface area contributed by atoms with E-state index in [1.54, 1.807) is 25.3 Å². The summed E-state index contributed by atoms with van der Waals surface area (Å²) in [6.45, 7) is 0. The number of methoxy groups -OCH3 is 3. The predicted octanol–water partition coefficient (Wildman–Crippen LogP) is 2.97. The van der Waals surface area contributed by atoms with Crippen LogP contribution in [0.3, 0.4) is 0 Å². The van der Waals surface area contributed by atoms with Crippen molar-refractivity contribution < 1.29 is 19.0 Å². The first-order valence-electron chi connectivity index (χ1n) is 7.81. The lowest BCUT2D eigenvalue weighted by Crippen LogP contribution is -2.30. The second-order valence-electron chi connectivity index (χ2n) is 5.39. The summed E-state index contributed by atoms with van der Waals surface area (Å²) < 4.78 is 16.1. The SMILES string of the molecule is COc1ccc(C=C2NC(=S)N(c3ccccc3)C2=O)c(OC)c1OC. The van der Waals surface area contributed by atoms with Crippen LogP contribution < -0.4 is 24.4 Å². The van der Waals surface area contributed by atoms with E-state index in [1.807, 2.05) is 30.3 Å². The highest BCUT2D eigenvalue weighted by molar-refractivity contribution is 7.80. The van der Waals surface area contributed by atoms with Crippen LogP contribution in [0.1, 0.15) is 5.56 Å². The van der Waals surface area contributed by atoms with Crippen LogP contribution in [-0.2, 0) is 4.79 Å². The van der Waals surface area contributed by atoms with Crippen molar-refractivity contribution in [3.05, 3.63) is 53.7 Å². The maximum absolute atomic E-state index is 12.8. The molecular formula is C19H18N2O4S. The smallest absolute Gasteiger partial charge is 0.281 e. The van der Waals surface area contributed by atoms with Crippen LogP contribution in [0.4, 0.5) is 5.69 Å². The van der Waals surface area contributed by atoms with Crippen molar-refractivity contribution in [1.82, 2.24) is 5.32 Å². The minimum Gasteiger partial charge on any atom is -0.493 e. The largest absolute Gasteiger partial charge is 0.493 e. The number of hydrogen-bond acceptors (Lipinski definition) is 5. The summed E-state index contributed by atoms with van der Waals surface area (Å²) in [6, 6.07) is 12.8. The summed E-state index contributed by atoms with van der Waals surface area (Å²) in [4.78, 5) is 14.3. The molecule has 26 heavy (non-hydrogen) atoms. The summed E-state index contributed by atoms with van der Waals surface area (Å²) >= 11 is 5.32. The molecule has 134 valence electrons. The minimum absolute atomic E-state index is 0.238.